The molecule has 0 aliphatic heterocycles. The zero-order valence-electron chi connectivity index (χ0n) is 29.0. The van der Waals surface area contributed by atoms with Gasteiger partial charge in [0.05, 0.1) is 10.2 Å². The van der Waals surface area contributed by atoms with Crippen molar-refractivity contribution in [2.75, 3.05) is 5.32 Å². The normalized spacial score (nSPS) is 43.0. The van der Waals surface area contributed by atoms with E-state index >= 15 is 0 Å². The Morgan fingerprint density at radius 3 is 2.37 bits per heavy atom. The lowest BCUT2D eigenvalue weighted by Crippen LogP contribution is -2.66. The second kappa shape index (κ2) is 10.2. The van der Waals surface area contributed by atoms with Crippen molar-refractivity contribution in [1.82, 2.24) is 4.98 Å². The van der Waals surface area contributed by atoms with E-state index in [9.17, 15) is 14.4 Å². The number of esters is 1. The number of rotatable bonds is 3. The molecule has 0 unspecified atom stereocenters. The van der Waals surface area contributed by atoms with Crippen molar-refractivity contribution in [2.45, 2.75) is 119 Å². The van der Waals surface area contributed by atoms with Crippen LogP contribution in [0.2, 0.25) is 0 Å². The lowest BCUT2D eigenvalue weighted by atomic mass is 9.33. The van der Waals surface area contributed by atoms with Crippen molar-refractivity contribution in [1.29, 1.82) is 0 Å². The Labute approximate surface area is 278 Å². The van der Waals surface area contributed by atoms with Gasteiger partial charge < -0.3 is 10.1 Å². The highest BCUT2D eigenvalue weighted by Crippen LogP contribution is 2.75. The summed E-state index contributed by atoms with van der Waals surface area (Å²) in [6.45, 7) is 17.8. The molecule has 7 rings (SSSR count). The zero-order chi connectivity index (χ0) is 33.1. The van der Waals surface area contributed by atoms with Crippen LogP contribution in [0, 0.1) is 50.2 Å². The molecule has 0 spiro atoms. The molecule has 5 aliphatic carbocycles. The molecule has 2 aromatic rings. The standard InChI is InChI=1S/C39H52N2O4S/c1-23(42)45-30-14-15-37(6)29(34(30,2)3)13-16-39(8)31(37)27(43)21-24-25-22-36(5,18-17-35(25,4)19-20-38(24,39)7)32(44)41-33-40-26-11-9-10-12-28(26)46-33/h9-12,21,25,29-31H,13-20,22H2,1-8H3,(H,40,41,44)/t25-,29-,30-,31+,35+,36-,37-,38+,39+/m0/s1. The van der Waals surface area contributed by atoms with Gasteiger partial charge in [-0.15, -0.1) is 0 Å². The van der Waals surface area contributed by atoms with Gasteiger partial charge in [0.25, 0.3) is 0 Å². The van der Waals surface area contributed by atoms with Gasteiger partial charge in [-0.3, -0.25) is 14.4 Å². The number of aromatic nitrogens is 1. The number of nitrogens with one attached hydrogen (secondary N) is 1. The number of para-hydroxylation sites is 1. The van der Waals surface area contributed by atoms with Crippen LogP contribution in [0.4, 0.5) is 5.13 Å². The molecule has 4 fully saturated rings. The minimum absolute atomic E-state index is 0.0486. The Morgan fingerprint density at radius 1 is 0.935 bits per heavy atom. The van der Waals surface area contributed by atoms with Crippen molar-refractivity contribution in [3.63, 3.8) is 0 Å². The molecular formula is C39H52N2O4S. The smallest absolute Gasteiger partial charge is 0.302 e. The van der Waals surface area contributed by atoms with Crippen molar-refractivity contribution in [2.24, 2.45) is 50.2 Å². The maximum absolute atomic E-state index is 14.7. The number of fused-ring (bicyclic) bond motifs is 8. The molecule has 1 heterocycles. The number of thiazole rings is 1. The highest BCUT2D eigenvalue weighted by molar-refractivity contribution is 7.22. The van der Waals surface area contributed by atoms with E-state index < -0.39 is 5.41 Å². The molecule has 1 amide bonds. The van der Waals surface area contributed by atoms with Crippen LogP contribution >= 0.6 is 11.3 Å². The van der Waals surface area contributed by atoms with Crippen LogP contribution in [0.3, 0.4) is 0 Å². The first-order chi connectivity index (χ1) is 21.5. The van der Waals surface area contributed by atoms with E-state index in [1.807, 2.05) is 24.3 Å². The zero-order valence-corrected chi connectivity index (χ0v) is 29.9. The molecule has 5 aliphatic rings. The van der Waals surface area contributed by atoms with Crippen LogP contribution in [0.1, 0.15) is 113 Å². The summed E-state index contributed by atoms with van der Waals surface area (Å²) >= 11 is 1.53. The molecule has 4 saturated carbocycles. The number of nitrogens with zero attached hydrogens (tertiary/aromatic N) is 1. The van der Waals surface area contributed by atoms with Gasteiger partial charge in [0, 0.05) is 23.7 Å². The number of benzene rings is 1. The highest BCUT2D eigenvalue weighted by Gasteiger charge is 2.70. The van der Waals surface area contributed by atoms with Gasteiger partial charge in [-0.25, -0.2) is 4.98 Å². The van der Waals surface area contributed by atoms with Crippen LogP contribution in [0.25, 0.3) is 10.2 Å². The van der Waals surface area contributed by atoms with E-state index in [0.29, 0.717) is 16.8 Å². The molecule has 6 nitrogen and oxygen atoms in total. The summed E-state index contributed by atoms with van der Waals surface area (Å²) in [7, 11) is 0. The number of allylic oxidation sites excluding steroid dienone is 2. The Bertz CT molecular complexity index is 1630. The first-order valence-electron chi connectivity index (χ1n) is 17.6. The summed E-state index contributed by atoms with van der Waals surface area (Å²) in [6.07, 6.45) is 10.5. The van der Waals surface area contributed by atoms with Gasteiger partial charge in [0.1, 0.15) is 6.10 Å². The monoisotopic (exact) mass is 644 g/mol. The summed E-state index contributed by atoms with van der Waals surface area (Å²) in [5, 5.41) is 3.86. The molecule has 1 aromatic carbocycles. The average molecular weight is 645 g/mol. The third-order valence-corrected chi connectivity index (χ3v) is 15.8. The lowest BCUT2D eigenvalue weighted by molar-refractivity contribution is -0.210. The van der Waals surface area contributed by atoms with Crippen LogP contribution in [-0.2, 0) is 19.1 Å². The number of carbonyl (C=O) groups is 3. The molecule has 0 bridgehead atoms. The summed E-state index contributed by atoms with van der Waals surface area (Å²) in [5.41, 5.74) is 1.14. The van der Waals surface area contributed by atoms with Crippen LogP contribution in [0.15, 0.2) is 35.9 Å². The molecule has 9 atom stereocenters. The molecule has 0 saturated heterocycles. The summed E-state index contributed by atoms with van der Waals surface area (Å²) < 4.78 is 6.96. The van der Waals surface area contributed by atoms with E-state index in [4.69, 9.17) is 4.74 Å². The van der Waals surface area contributed by atoms with E-state index in [2.05, 4.69) is 64.8 Å². The number of ketones is 1. The van der Waals surface area contributed by atoms with E-state index in [1.54, 1.807) is 0 Å². The number of anilines is 1. The highest BCUT2D eigenvalue weighted by atomic mass is 32.1. The van der Waals surface area contributed by atoms with Crippen LogP contribution < -0.4 is 5.32 Å². The lowest BCUT2D eigenvalue weighted by Gasteiger charge is -2.70. The van der Waals surface area contributed by atoms with Crippen molar-refractivity contribution in [3.05, 3.63) is 35.9 Å². The summed E-state index contributed by atoms with van der Waals surface area (Å²) in [5.74, 6) is 0.555. The molecule has 7 heteroatoms. The maximum Gasteiger partial charge on any atom is 0.302 e. The van der Waals surface area contributed by atoms with Gasteiger partial charge >= 0.3 is 5.97 Å². The number of hydrogen-bond acceptors (Lipinski definition) is 6. The predicted octanol–water partition coefficient (Wildman–Crippen LogP) is 9.15. The fourth-order valence-electron chi connectivity index (χ4n) is 11.9. The number of hydrogen-bond donors (Lipinski definition) is 1. The summed E-state index contributed by atoms with van der Waals surface area (Å²) in [6, 6.07) is 8.00. The van der Waals surface area contributed by atoms with Gasteiger partial charge in [0.15, 0.2) is 10.9 Å². The largest absolute Gasteiger partial charge is 0.462 e. The first-order valence-corrected chi connectivity index (χ1v) is 18.4. The van der Waals surface area contributed by atoms with Crippen LogP contribution in [0.5, 0.6) is 0 Å². The topological polar surface area (TPSA) is 85.4 Å². The van der Waals surface area contributed by atoms with E-state index in [0.717, 1.165) is 68.0 Å². The fourth-order valence-corrected chi connectivity index (χ4v) is 12.8. The fraction of sp³-hybridized carbons (Fsp3) is 0.692. The van der Waals surface area contributed by atoms with Gasteiger partial charge in [-0.2, -0.15) is 0 Å². The number of amides is 1. The SMILES string of the molecule is CC(=O)O[C@H]1CC[C@]2(C)[C@H]3C(=O)C=C4[C@@H]5C[C@@](C)(C(=O)Nc6nc7ccccc7s6)CC[C@]5(C)CC[C@@]4(C)[C@]3(C)CC[C@H]2C1(C)C. The van der Waals surface area contributed by atoms with Crippen molar-refractivity contribution >= 4 is 44.3 Å². The van der Waals surface area contributed by atoms with Gasteiger partial charge in [0.2, 0.25) is 5.91 Å². The Kier molecular flexibility index (Phi) is 7.12. The second-order valence-corrected chi connectivity index (χ2v) is 18.7. The predicted molar refractivity (Wildman–Crippen MR) is 183 cm³/mol. The van der Waals surface area contributed by atoms with Crippen molar-refractivity contribution < 1.29 is 19.1 Å². The summed E-state index contributed by atoms with van der Waals surface area (Å²) in [4.78, 5) is 45.5. The minimum atomic E-state index is -0.537. The van der Waals surface area contributed by atoms with E-state index in [-0.39, 0.29) is 56.9 Å². The number of carbonyl (C=O) groups excluding carboxylic acids is 3. The quantitative estimate of drug-likeness (QED) is 0.337. The van der Waals surface area contributed by atoms with Gasteiger partial charge in [-0.1, -0.05) is 77.5 Å². The number of ether oxygens (including phenoxy) is 1. The molecule has 0 radical (unpaired) electrons. The molecule has 1 N–H and O–H groups in total. The first kappa shape index (κ1) is 32.0. The third-order valence-electron chi connectivity index (χ3n) is 14.9. The third kappa shape index (κ3) is 4.38. The maximum atomic E-state index is 14.7. The molecule has 46 heavy (non-hydrogen) atoms. The average Bonchev–Trinajstić information content (AvgIpc) is 3.39. The van der Waals surface area contributed by atoms with Gasteiger partial charge in [-0.05, 0) is 109 Å². The Hall–Kier alpha value is -2.54. The molecule has 1 aromatic heterocycles. The van der Waals surface area contributed by atoms with Crippen molar-refractivity contribution in [3.8, 4) is 0 Å². The molecule has 248 valence electrons. The van der Waals surface area contributed by atoms with Crippen LogP contribution in [-0.4, -0.2) is 28.7 Å². The minimum Gasteiger partial charge on any atom is -0.462 e. The van der Waals surface area contributed by atoms with E-state index in [1.165, 1.54) is 23.8 Å². The molecular weight excluding hydrogens is 593 g/mol. The Balaban J connectivity index is 1.21. The second-order valence-electron chi connectivity index (χ2n) is 17.7. The Morgan fingerprint density at radius 2 is 1.65 bits per heavy atom.